The highest BCUT2D eigenvalue weighted by Crippen LogP contribution is 2.30. The van der Waals surface area contributed by atoms with Gasteiger partial charge in [0.15, 0.2) is 5.65 Å². The van der Waals surface area contributed by atoms with Crippen LogP contribution >= 0.6 is 11.6 Å². The smallest absolute Gasteiger partial charge is 0.256 e. The first-order chi connectivity index (χ1) is 12.4. The molecule has 2 heterocycles. The summed E-state index contributed by atoms with van der Waals surface area (Å²) in [7, 11) is 1.82. The van der Waals surface area contributed by atoms with Crippen molar-refractivity contribution in [2.24, 2.45) is 7.05 Å². The van der Waals surface area contributed by atoms with Gasteiger partial charge < -0.3 is 10.1 Å². The Hall–Kier alpha value is -2.60. The zero-order chi connectivity index (χ0) is 18.8. The summed E-state index contributed by atoms with van der Waals surface area (Å²) in [5.41, 5.74) is 3.26. The zero-order valence-electron chi connectivity index (χ0n) is 15.3. The molecule has 3 aromatic rings. The van der Waals surface area contributed by atoms with Gasteiger partial charge in [-0.25, -0.2) is 4.98 Å². The molecule has 0 saturated carbocycles. The molecule has 0 bridgehead atoms. The Morgan fingerprint density at radius 1 is 1.31 bits per heavy atom. The largest absolute Gasteiger partial charge is 0.491 e. The number of anilines is 1. The molecule has 1 aromatic carbocycles. The second kappa shape index (κ2) is 7.33. The number of aryl methyl sites for hydroxylation is 3. The van der Waals surface area contributed by atoms with Crippen molar-refractivity contribution in [2.45, 2.75) is 27.2 Å². The number of aromatic nitrogens is 3. The van der Waals surface area contributed by atoms with Crippen LogP contribution in [0.15, 0.2) is 24.3 Å². The van der Waals surface area contributed by atoms with Crippen molar-refractivity contribution >= 4 is 34.2 Å². The molecule has 1 N–H and O–H groups in total. The van der Waals surface area contributed by atoms with Crippen LogP contribution in [0.25, 0.3) is 11.0 Å². The number of hydrogen-bond acceptors (Lipinski definition) is 4. The molecule has 0 spiro atoms. The number of benzene rings is 1. The van der Waals surface area contributed by atoms with Crippen molar-refractivity contribution in [1.82, 2.24) is 14.8 Å². The van der Waals surface area contributed by atoms with Crippen molar-refractivity contribution in [3.63, 3.8) is 0 Å². The topological polar surface area (TPSA) is 69.0 Å². The normalized spacial score (nSPS) is 11.0. The molecule has 136 valence electrons. The highest BCUT2D eigenvalue weighted by atomic mass is 35.5. The number of rotatable bonds is 5. The number of amides is 1. The standard InChI is InChI=1S/C19H21ClN4O2/c1-5-8-26-16-7-6-13(20)10-15(16)22-19(25)14-9-11(2)21-18-17(14)12(3)23-24(18)4/h6-7,9-10H,5,8H2,1-4H3,(H,22,25). The lowest BCUT2D eigenvalue weighted by Gasteiger charge is -2.13. The van der Waals surface area contributed by atoms with Crippen molar-refractivity contribution in [3.05, 3.63) is 46.2 Å². The number of halogens is 1. The number of carbonyl (C=O) groups is 1. The predicted molar refractivity (Wildman–Crippen MR) is 103 cm³/mol. The molecule has 7 heteroatoms. The lowest BCUT2D eigenvalue weighted by Crippen LogP contribution is -2.14. The molecule has 0 aliphatic carbocycles. The third-order valence-electron chi connectivity index (χ3n) is 3.99. The van der Waals surface area contributed by atoms with Crippen molar-refractivity contribution in [2.75, 3.05) is 11.9 Å². The predicted octanol–water partition coefficient (Wildman–Crippen LogP) is 4.28. The van der Waals surface area contributed by atoms with Gasteiger partial charge in [-0.1, -0.05) is 18.5 Å². The minimum Gasteiger partial charge on any atom is -0.491 e. The van der Waals surface area contributed by atoms with Crippen LogP contribution in [-0.4, -0.2) is 27.3 Å². The average Bonchev–Trinajstić information content (AvgIpc) is 2.87. The average molecular weight is 373 g/mol. The molecular weight excluding hydrogens is 352 g/mol. The molecule has 0 atom stereocenters. The summed E-state index contributed by atoms with van der Waals surface area (Å²) in [6.07, 6.45) is 0.870. The lowest BCUT2D eigenvalue weighted by atomic mass is 10.1. The van der Waals surface area contributed by atoms with Gasteiger partial charge in [-0.3, -0.25) is 9.48 Å². The van der Waals surface area contributed by atoms with Crippen molar-refractivity contribution in [1.29, 1.82) is 0 Å². The summed E-state index contributed by atoms with van der Waals surface area (Å²) in [6.45, 7) is 6.31. The molecule has 2 aromatic heterocycles. The lowest BCUT2D eigenvalue weighted by molar-refractivity contribution is 0.102. The SMILES string of the molecule is CCCOc1ccc(Cl)cc1NC(=O)c1cc(C)nc2c1c(C)nn2C. The molecule has 0 fully saturated rings. The van der Waals surface area contributed by atoms with Crippen LogP contribution in [0.5, 0.6) is 5.75 Å². The van der Waals surface area contributed by atoms with Crippen LogP contribution in [0.2, 0.25) is 5.02 Å². The van der Waals surface area contributed by atoms with Gasteiger partial charge >= 0.3 is 0 Å². The number of carbonyl (C=O) groups excluding carboxylic acids is 1. The second-order valence-electron chi connectivity index (χ2n) is 6.16. The zero-order valence-corrected chi connectivity index (χ0v) is 16.0. The van der Waals surface area contributed by atoms with Crippen LogP contribution in [0.1, 0.15) is 35.1 Å². The third kappa shape index (κ3) is 3.51. The number of pyridine rings is 1. The van der Waals surface area contributed by atoms with E-state index in [1.165, 1.54) is 0 Å². The highest BCUT2D eigenvalue weighted by molar-refractivity contribution is 6.31. The molecule has 3 rings (SSSR count). The quantitative estimate of drug-likeness (QED) is 0.725. The van der Waals surface area contributed by atoms with Gasteiger partial charge in [-0.15, -0.1) is 0 Å². The molecule has 0 aliphatic rings. The van der Waals surface area contributed by atoms with E-state index < -0.39 is 0 Å². The van der Waals surface area contributed by atoms with E-state index in [9.17, 15) is 4.79 Å². The molecule has 6 nitrogen and oxygen atoms in total. The first-order valence-electron chi connectivity index (χ1n) is 8.45. The van der Waals surface area contributed by atoms with Gasteiger partial charge in [0.1, 0.15) is 5.75 Å². The van der Waals surface area contributed by atoms with E-state index in [1.54, 1.807) is 28.9 Å². The minimum atomic E-state index is -0.250. The molecular formula is C19H21ClN4O2. The number of fused-ring (bicyclic) bond motifs is 1. The number of hydrogen-bond donors (Lipinski definition) is 1. The fraction of sp³-hybridized carbons (Fsp3) is 0.316. The van der Waals surface area contributed by atoms with Gasteiger partial charge in [-0.05, 0) is 44.5 Å². The highest BCUT2D eigenvalue weighted by Gasteiger charge is 2.19. The minimum absolute atomic E-state index is 0.250. The van der Waals surface area contributed by atoms with Gasteiger partial charge in [-0.2, -0.15) is 5.10 Å². The third-order valence-corrected chi connectivity index (χ3v) is 4.23. The monoisotopic (exact) mass is 372 g/mol. The molecule has 26 heavy (non-hydrogen) atoms. The Morgan fingerprint density at radius 2 is 2.08 bits per heavy atom. The summed E-state index contributed by atoms with van der Waals surface area (Å²) >= 11 is 6.10. The van der Waals surface area contributed by atoms with Crippen molar-refractivity contribution in [3.8, 4) is 5.75 Å². The first-order valence-corrected chi connectivity index (χ1v) is 8.83. The maximum atomic E-state index is 13.0. The van der Waals surface area contributed by atoms with Gasteiger partial charge in [0.2, 0.25) is 0 Å². The van der Waals surface area contributed by atoms with E-state index in [0.717, 1.165) is 23.2 Å². The fourth-order valence-corrected chi connectivity index (χ4v) is 3.05. The molecule has 0 aliphatic heterocycles. The summed E-state index contributed by atoms with van der Waals surface area (Å²) in [5.74, 6) is 0.342. The van der Waals surface area contributed by atoms with Crippen LogP contribution < -0.4 is 10.1 Å². The Kier molecular flexibility index (Phi) is 5.13. The first kappa shape index (κ1) is 18.2. The summed E-state index contributed by atoms with van der Waals surface area (Å²) in [5, 5.41) is 8.57. The van der Waals surface area contributed by atoms with Gasteiger partial charge in [0.05, 0.1) is 28.9 Å². The van der Waals surface area contributed by atoms with E-state index in [4.69, 9.17) is 16.3 Å². The van der Waals surface area contributed by atoms with Crippen molar-refractivity contribution < 1.29 is 9.53 Å². The van der Waals surface area contributed by atoms with Gasteiger partial charge in [0, 0.05) is 17.8 Å². The molecule has 0 unspecified atom stereocenters. The summed E-state index contributed by atoms with van der Waals surface area (Å²) in [4.78, 5) is 17.5. The van der Waals surface area contributed by atoms with Crippen LogP contribution in [0.4, 0.5) is 5.69 Å². The maximum Gasteiger partial charge on any atom is 0.256 e. The Balaban J connectivity index is 2.02. The fourth-order valence-electron chi connectivity index (χ4n) is 2.88. The number of nitrogens with zero attached hydrogens (tertiary/aromatic N) is 3. The van der Waals surface area contributed by atoms with Crippen LogP contribution in [0.3, 0.4) is 0 Å². The maximum absolute atomic E-state index is 13.0. The number of nitrogens with one attached hydrogen (secondary N) is 1. The Bertz CT molecular complexity index is 981. The molecule has 1 amide bonds. The summed E-state index contributed by atoms with van der Waals surface area (Å²) in [6, 6.07) is 6.95. The number of ether oxygens (including phenoxy) is 1. The van der Waals surface area contributed by atoms with E-state index in [2.05, 4.69) is 15.4 Å². The summed E-state index contributed by atoms with van der Waals surface area (Å²) < 4.78 is 7.40. The Morgan fingerprint density at radius 3 is 2.81 bits per heavy atom. The molecule has 0 radical (unpaired) electrons. The van der Waals surface area contributed by atoms with E-state index in [-0.39, 0.29) is 5.91 Å². The van der Waals surface area contributed by atoms with E-state index in [0.29, 0.717) is 34.3 Å². The van der Waals surface area contributed by atoms with E-state index in [1.807, 2.05) is 27.8 Å². The second-order valence-corrected chi connectivity index (χ2v) is 6.60. The van der Waals surface area contributed by atoms with E-state index >= 15 is 0 Å². The Labute approximate surface area is 157 Å². The van der Waals surface area contributed by atoms with Crippen LogP contribution in [-0.2, 0) is 7.05 Å². The van der Waals surface area contributed by atoms with Crippen LogP contribution in [0, 0.1) is 13.8 Å². The molecule has 0 saturated heterocycles. The van der Waals surface area contributed by atoms with Gasteiger partial charge in [0.25, 0.3) is 5.91 Å².